The standard InChI is InChI=1S/C25H30F3N3O3/c1-18(24(33)29-22-7-4-3-6-21(22)25(26,27)28)30-14-5-15-31(17-16-30)23(32)13-10-19-8-11-20(34-2)12-9-19/h3-4,6-9,11-12,18H,5,10,13-17H2,1-2H3,(H,29,33). The SMILES string of the molecule is COc1ccc(CCC(=O)N2CCCN(C(C)C(=O)Nc3ccccc3C(F)(F)F)CC2)cc1. The summed E-state index contributed by atoms with van der Waals surface area (Å²) in [5, 5.41) is 2.43. The van der Waals surface area contributed by atoms with Gasteiger partial charge >= 0.3 is 6.18 Å². The van der Waals surface area contributed by atoms with Crippen LogP contribution in [0.2, 0.25) is 0 Å². The van der Waals surface area contributed by atoms with Crippen molar-refractivity contribution in [1.29, 1.82) is 0 Å². The highest BCUT2D eigenvalue weighted by Gasteiger charge is 2.34. The average molecular weight is 478 g/mol. The summed E-state index contributed by atoms with van der Waals surface area (Å²) in [6.45, 7) is 3.79. The number of alkyl halides is 3. The molecule has 34 heavy (non-hydrogen) atoms. The van der Waals surface area contributed by atoms with E-state index in [1.165, 1.54) is 18.2 Å². The van der Waals surface area contributed by atoms with E-state index < -0.39 is 23.7 Å². The number of para-hydroxylation sites is 1. The van der Waals surface area contributed by atoms with Gasteiger partial charge in [0.15, 0.2) is 0 Å². The van der Waals surface area contributed by atoms with Crippen LogP contribution in [0.4, 0.5) is 18.9 Å². The van der Waals surface area contributed by atoms with Gasteiger partial charge < -0.3 is 15.0 Å². The molecule has 0 spiro atoms. The third-order valence-electron chi connectivity index (χ3n) is 6.09. The first-order chi connectivity index (χ1) is 16.2. The molecular formula is C25H30F3N3O3. The van der Waals surface area contributed by atoms with Gasteiger partial charge in [-0.25, -0.2) is 0 Å². The van der Waals surface area contributed by atoms with Gasteiger partial charge in [0, 0.05) is 32.6 Å². The van der Waals surface area contributed by atoms with Crippen molar-refractivity contribution in [2.24, 2.45) is 0 Å². The zero-order valence-electron chi connectivity index (χ0n) is 19.4. The third-order valence-corrected chi connectivity index (χ3v) is 6.09. The Kier molecular flexibility index (Phi) is 8.55. The number of rotatable bonds is 7. The first-order valence-corrected chi connectivity index (χ1v) is 11.3. The molecule has 0 aliphatic carbocycles. The van der Waals surface area contributed by atoms with Crippen LogP contribution in [0.25, 0.3) is 0 Å². The molecule has 1 saturated heterocycles. The second kappa shape index (κ2) is 11.4. The van der Waals surface area contributed by atoms with E-state index in [-0.39, 0.29) is 11.6 Å². The molecule has 1 N–H and O–H groups in total. The van der Waals surface area contributed by atoms with E-state index in [0.717, 1.165) is 17.4 Å². The van der Waals surface area contributed by atoms with Crippen molar-refractivity contribution in [3.63, 3.8) is 0 Å². The largest absolute Gasteiger partial charge is 0.497 e. The van der Waals surface area contributed by atoms with Gasteiger partial charge in [0.25, 0.3) is 0 Å². The maximum absolute atomic E-state index is 13.2. The number of nitrogens with one attached hydrogen (secondary N) is 1. The molecule has 2 aromatic rings. The van der Waals surface area contributed by atoms with Crippen LogP contribution in [-0.2, 0) is 22.2 Å². The molecule has 3 rings (SSSR count). The highest BCUT2D eigenvalue weighted by Crippen LogP contribution is 2.34. The molecular weight excluding hydrogens is 447 g/mol. The van der Waals surface area contributed by atoms with Gasteiger partial charge in [-0.2, -0.15) is 13.2 Å². The monoisotopic (exact) mass is 477 g/mol. The molecule has 0 radical (unpaired) electrons. The molecule has 1 heterocycles. The Labute approximate surface area is 197 Å². The van der Waals surface area contributed by atoms with Gasteiger partial charge in [-0.3, -0.25) is 14.5 Å². The number of methoxy groups -OCH3 is 1. The van der Waals surface area contributed by atoms with Crippen LogP contribution < -0.4 is 10.1 Å². The summed E-state index contributed by atoms with van der Waals surface area (Å²) in [5.41, 5.74) is -0.0768. The molecule has 1 aliphatic rings. The van der Waals surface area contributed by atoms with E-state index in [2.05, 4.69) is 5.32 Å². The number of halogens is 3. The van der Waals surface area contributed by atoms with Gasteiger partial charge in [0.2, 0.25) is 11.8 Å². The fourth-order valence-corrected chi connectivity index (χ4v) is 4.02. The summed E-state index contributed by atoms with van der Waals surface area (Å²) in [5.74, 6) is 0.313. The van der Waals surface area contributed by atoms with Crippen LogP contribution in [0, 0.1) is 0 Å². The maximum Gasteiger partial charge on any atom is 0.418 e. The Morgan fingerprint density at radius 1 is 1.03 bits per heavy atom. The number of amides is 2. The van der Waals surface area contributed by atoms with E-state index in [1.807, 2.05) is 29.2 Å². The van der Waals surface area contributed by atoms with Gasteiger partial charge in [-0.1, -0.05) is 24.3 Å². The lowest BCUT2D eigenvalue weighted by Gasteiger charge is -2.27. The number of aryl methyl sites for hydroxylation is 1. The Morgan fingerprint density at radius 3 is 2.41 bits per heavy atom. The second-order valence-corrected chi connectivity index (χ2v) is 8.33. The number of ether oxygens (including phenoxy) is 1. The van der Waals surface area contributed by atoms with Crippen molar-refractivity contribution in [2.45, 2.75) is 38.4 Å². The quantitative estimate of drug-likeness (QED) is 0.649. The normalized spacial score (nSPS) is 16.0. The van der Waals surface area contributed by atoms with Crippen LogP contribution in [0.3, 0.4) is 0 Å². The van der Waals surface area contributed by atoms with Crippen LogP contribution in [0.5, 0.6) is 5.75 Å². The number of carbonyl (C=O) groups is 2. The minimum Gasteiger partial charge on any atom is -0.497 e. The van der Waals surface area contributed by atoms with Crippen molar-refractivity contribution in [2.75, 3.05) is 38.6 Å². The molecule has 0 saturated carbocycles. The van der Waals surface area contributed by atoms with E-state index in [0.29, 0.717) is 45.4 Å². The van der Waals surface area contributed by atoms with Gasteiger partial charge in [0.05, 0.1) is 24.4 Å². The number of carbonyl (C=O) groups excluding carboxylic acids is 2. The molecule has 184 valence electrons. The molecule has 0 bridgehead atoms. The lowest BCUT2D eigenvalue weighted by atomic mass is 10.1. The van der Waals surface area contributed by atoms with Crippen LogP contribution in [0.1, 0.15) is 30.9 Å². The number of anilines is 1. The smallest absolute Gasteiger partial charge is 0.418 e. The van der Waals surface area contributed by atoms with E-state index >= 15 is 0 Å². The Hall–Kier alpha value is -3.07. The average Bonchev–Trinajstić information content (AvgIpc) is 3.08. The van der Waals surface area contributed by atoms with Crippen LogP contribution in [-0.4, -0.2) is 60.9 Å². The van der Waals surface area contributed by atoms with Crippen LogP contribution in [0.15, 0.2) is 48.5 Å². The first-order valence-electron chi connectivity index (χ1n) is 11.3. The molecule has 6 nitrogen and oxygen atoms in total. The molecule has 1 unspecified atom stereocenters. The summed E-state index contributed by atoms with van der Waals surface area (Å²) in [6, 6.07) is 11.9. The van der Waals surface area contributed by atoms with E-state index in [4.69, 9.17) is 4.74 Å². The van der Waals surface area contributed by atoms with Crippen molar-refractivity contribution in [3.05, 3.63) is 59.7 Å². The fourth-order valence-electron chi connectivity index (χ4n) is 4.02. The number of benzene rings is 2. The Morgan fingerprint density at radius 2 is 1.74 bits per heavy atom. The van der Waals surface area contributed by atoms with Gasteiger partial charge in [-0.15, -0.1) is 0 Å². The Balaban J connectivity index is 1.53. The minimum atomic E-state index is -4.55. The summed E-state index contributed by atoms with van der Waals surface area (Å²) < 4.78 is 44.8. The molecule has 2 aromatic carbocycles. The zero-order valence-corrected chi connectivity index (χ0v) is 19.4. The number of hydrogen-bond donors (Lipinski definition) is 1. The molecule has 2 amide bonds. The van der Waals surface area contributed by atoms with E-state index in [1.54, 1.807) is 18.9 Å². The lowest BCUT2D eigenvalue weighted by Crippen LogP contribution is -2.44. The van der Waals surface area contributed by atoms with Crippen LogP contribution >= 0.6 is 0 Å². The van der Waals surface area contributed by atoms with Crippen molar-refractivity contribution < 1.29 is 27.5 Å². The number of nitrogens with zero attached hydrogens (tertiary/aromatic N) is 2. The Bertz CT molecular complexity index is 979. The van der Waals surface area contributed by atoms with E-state index in [9.17, 15) is 22.8 Å². The second-order valence-electron chi connectivity index (χ2n) is 8.33. The summed E-state index contributed by atoms with van der Waals surface area (Å²) >= 11 is 0. The minimum absolute atomic E-state index is 0.0499. The predicted molar refractivity (Wildman–Crippen MR) is 124 cm³/mol. The van der Waals surface area contributed by atoms with Crippen molar-refractivity contribution in [3.8, 4) is 5.75 Å². The van der Waals surface area contributed by atoms with Gasteiger partial charge in [0.1, 0.15) is 5.75 Å². The molecule has 1 aliphatic heterocycles. The molecule has 1 fully saturated rings. The zero-order chi connectivity index (χ0) is 24.7. The summed E-state index contributed by atoms with van der Waals surface area (Å²) in [7, 11) is 1.60. The first kappa shape index (κ1) is 25.6. The highest BCUT2D eigenvalue weighted by molar-refractivity contribution is 5.95. The predicted octanol–water partition coefficient (Wildman–Crippen LogP) is 4.21. The van der Waals surface area contributed by atoms with Crippen molar-refractivity contribution >= 4 is 17.5 Å². The van der Waals surface area contributed by atoms with Gasteiger partial charge in [-0.05, 0) is 49.6 Å². The molecule has 1 atom stereocenters. The lowest BCUT2D eigenvalue weighted by molar-refractivity contribution is -0.137. The number of hydrogen-bond acceptors (Lipinski definition) is 4. The third kappa shape index (κ3) is 6.72. The highest BCUT2D eigenvalue weighted by atomic mass is 19.4. The topological polar surface area (TPSA) is 61.9 Å². The molecule has 9 heteroatoms. The summed E-state index contributed by atoms with van der Waals surface area (Å²) in [6.07, 6.45) is -2.86. The fraction of sp³-hybridized carbons (Fsp3) is 0.440. The summed E-state index contributed by atoms with van der Waals surface area (Å²) in [4.78, 5) is 29.1. The van der Waals surface area contributed by atoms with Crippen molar-refractivity contribution in [1.82, 2.24) is 9.80 Å². The maximum atomic E-state index is 13.2. The molecule has 0 aromatic heterocycles.